The molecule has 0 fully saturated rings. The summed E-state index contributed by atoms with van der Waals surface area (Å²) in [5.41, 5.74) is 4.83. The summed E-state index contributed by atoms with van der Waals surface area (Å²) in [6.07, 6.45) is 4.06. The van der Waals surface area contributed by atoms with E-state index in [1.165, 1.54) is 0 Å². The molecule has 0 bridgehead atoms. The van der Waals surface area contributed by atoms with Gasteiger partial charge in [-0.15, -0.1) is 0 Å². The lowest BCUT2D eigenvalue weighted by Gasteiger charge is -2.20. The first-order valence-corrected chi connectivity index (χ1v) is 12.9. The summed E-state index contributed by atoms with van der Waals surface area (Å²) < 4.78 is 31.7. The summed E-state index contributed by atoms with van der Waals surface area (Å²) in [5.74, 6) is 0.887. The van der Waals surface area contributed by atoms with Gasteiger partial charge in [-0.2, -0.15) is 0 Å². The first-order chi connectivity index (χ1) is 17.0. The van der Waals surface area contributed by atoms with Gasteiger partial charge in [0.2, 0.25) is 10.0 Å². The van der Waals surface area contributed by atoms with Crippen LogP contribution in [0.15, 0.2) is 108 Å². The van der Waals surface area contributed by atoms with Gasteiger partial charge >= 0.3 is 0 Å². The molecule has 1 atom stereocenters. The molecule has 0 saturated heterocycles. The Hall–Kier alpha value is -3.81. The van der Waals surface area contributed by atoms with Crippen molar-refractivity contribution in [2.75, 3.05) is 0 Å². The van der Waals surface area contributed by atoms with E-state index < -0.39 is 10.0 Å². The summed E-state index contributed by atoms with van der Waals surface area (Å²) >= 11 is 0. The van der Waals surface area contributed by atoms with Crippen LogP contribution in [-0.4, -0.2) is 23.0 Å². The van der Waals surface area contributed by atoms with Crippen molar-refractivity contribution in [1.29, 1.82) is 0 Å². The van der Waals surface area contributed by atoms with Gasteiger partial charge in [-0.25, -0.2) is 18.1 Å². The minimum absolute atomic E-state index is 0.242. The van der Waals surface area contributed by atoms with Gasteiger partial charge in [0.15, 0.2) is 0 Å². The number of aryl methyl sites for hydroxylation is 1. The molecule has 0 spiro atoms. The fraction of sp³-hybridized carbons (Fsp3) is 0.143. The molecular weight excluding hydrogens is 456 g/mol. The Morgan fingerprint density at radius 3 is 2.26 bits per heavy atom. The number of aromatic nitrogens is 3. The van der Waals surface area contributed by atoms with E-state index in [0.29, 0.717) is 13.0 Å². The molecule has 0 radical (unpaired) electrons. The van der Waals surface area contributed by atoms with E-state index >= 15 is 0 Å². The number of nitrogens with one attached hydrogen (secondary N) is 1. The number of rotatable bonds is 8. The zero-order valence-corrected chi connectivity index (χ0v) is 20.2. The van der Waals surface area contributed by atoms with Crippen LogP contribution < -0.4 is 4.72 Å². The maximum atomic E-state index is 13.3. The van der Waals surface area contributed by atoms with Crippen molar-refractivity contribution < 1.29 is 8.42 Å². The van der Waals surface area contributed by atoms with Gasteiger partial charge in [-0.1, -0.05) is 72.8 Å². The highest BCUT2D eigenvalue weighted by Gasteiger charge is 2.22. The molecule has 1 N–H and O–H groups in total. The minimum Gasteiger partial charge on any atom is -0.324 e. The van der Waals surface area contributed by atoms with Crippen LogP contribution in [-0.2, 0) is 23.0 Å². The molecule has 0 aliphatic rings. The molecule has 0 aliphatic heterocycles. The van der Waals surface area contributed by atoms with Gasteiger partial charge in [0.1, 0.15) is 11.3 Å². The van der Waals surface area contributed by atoms with Crippen LogP contribution in [0.25, 0.3) is 11.0 Å². The normalized spacial score (nSPS) is 12.6. The standard InChI is InChI=1S/C28H26N4O2S/c1-21-30-27-19-29-17-16-28(27)32(21)20-23-12-14-25(15-13-23)35(33,34)31-26(24-10-6-3-7-11-24)18-22-8-4-2-5-9-22/h2-17,19,26,31H,18,20H2,1H3. The van der Waals surface area contributed by atoms with E-state index in [4.69, 9.17) is 0 Å². The predicted octanol–water partition coefficient (Wildman–Crippen LogP) is 5.05. The average Bonchev–Trinajstić information content (AvgIpc) is 3.20. The molecule has 7 heteroatoms. The number of benzene rings is 3. The van der Waals surface area contributed by atoms with Gasteiger partial charge in [0.25, 0.3) is 0 Å². The quantitative estimate of drug-likeness (QED) is 0.336. The zero-order valence-electron chi connectivity index (χ0n) is 19.4. The van der Waals surface area contributed by atoms with Gasteiger partial charge in [0.05, 0.1) is 22.7 Å². The molecule has 3 aromatic carbocycles. The third-order valence-corrected chi connectivity index (χ3v) is 7.59. The van der Waals surface area contributed by atoms with E-state index in [-0.39, 0.29) is 10.9 Å². The molecule has 6 nitrogen and oxygen atoms in total. The molecule has 2 aromatic heterocycles. The lowest BCUT2D eigenvalue weighted by atomic mass is 10.00. The van der Waals surface area contributed by atoms with Gasteiger partial charge in [0, 0.05) is 12.7 Å². The van der Waals surface area contributed by atoms with Crippen LogP contribution >= 0.6 is 0 Å². The van der Waals surface area contributed by atoms with Gasteiger partial charge < -0.3 is 4.57 Å². The van der Waals surface area contributed by atoms with Crippen LogP contribution in [0.2, 0.25) is 0 Å². The first kappa shape index (κ1) is 23.0. The Morgan fingerprint density at radius 1 is 0.857 bits per heavy atom. The Balaban J connectivity index is 1.38. The molecule has 5 aromatic rings. The van der Waals surface area contributed by atoms with Crippen LogP contribution in [0.3, 0.4) is 0 Å². The molecule has 176 valence electrons. The second kappa shape index (κ2) is 9.82. The highest BCUT2D eigenvalue weighted by molar-refractivity contribution is 7.89. The number of imidazole rings is 1. The lowest BCUT2D eigenvalue weighted by molar-refractivity contribution is 0.554. The van der Waals surface area contributed by atoms with E-state index in [2.05, 4.69) is 19.3 Å². The second-order valence-electron chi connectivity index (χ2n) is 8.53. The van der Waals surface area contributed by atoms with Gasteiger partial charge in [-0.05, 0) is 48.2 Å². The fourth-order valence-corrected chi connectivity index (χ4v) is 5.50. The topological polar surface area (TPSA) is 76.9 Å². The third-order valence-electron chi connectivity index (χ3n) is 6.10. The van der Waals surface area contributed by atoms with Crippen LogP contribution in [0, 0.1) is 6.92 Å². The second-order valence-corrected chi connectivity index (χ2v) is 10.2. The average molecular weight is 483 g/mol. The molecular formula is C28H26N4O2S. The Bertz CT molecular complexity index is 1530. The zero-order chi connectivity index (χ0) is 24.3. The molecule has 35 heavy (non-hydrogen) atoms. The smallest absolute Gasteiger partial charge is 0.241 e. The molecule has 5 rings (SSSR count). The maximum absolute atomic E-state index is 13.3. The molecule has 0 aliphatic carbocycles. The first-order valence-electron chi connectivity index (χ1n) is 11.5. The largest absolute Gasteiger partial charge is 0.324 e. The molecule has 0 amide bonds. The lowest BCUT2D eigenvalue weighted by Crippen LogP contribution is -2.30. The molecule has 1 unspecified atom stereocenters. The number of pyridine rings is 1. The number of fused-ring (bicyclic) bond motifs is 1. The van der Waals surface area contributed by atoms with Crippen molar-refractivity contribution in [1.82, 2.24) is 19.3 Å². The highest BCUT2D eigenvalue weighted by Crippen LogP contribution is 2.23. The Labute approximate surface area is 205 Å². The van der Waals surface area contributed by atoms with Crippen molar-refractivity contribution in [3.05, 3.63) is 126 Å². The highest BCUT2D eigenvalue weighted by atomic mass is 32.2. The van der Waals surface area contributed by atoms with Crippen molar-refractivity contribution in [2.24, 2.45) is 0 Å². The maximum Gasteiger partial charge on any atom is 0.241 e. The fourth-order valence-electron chi connectivity index (χ4n) is 4.28. The summed E-state index contributed by atoms with van der Waals surface area (Å²) in [6, 6.07) is 28.2. The van der Waals surface area contributed by atoms with E-state index in [9.17, 15) is 8.42 Å². The number of sulfonamides is 1. The van der Waals surface area contributed by atoms with E-state index in [0.717, 1.165) is 33.5 Å². The molecule has 0 saturated carbocycles. The number of hydrogen-bond acceptors (Lipinski definition) is 4. The van der Waals surface area contributed by atoms with Crippen LogP contribution in [0.1, 0.15) is 28.6 Å². The number of hydrogen-bond donors (Lipinski definition) is 1. The summed E-state index contributed by atoms with van der Waals surface area (Å²) in [6.45, 7) is 2.56. The van der Waals surface area contributed by atoms with Crippen LogP contribution in [0.5, 0.6) is 0 Å². The van der Waals surface area contributed by atoms with Crippen molar-refractivity contribution in [3.63, 3.8) is 0 Å². The van der Waals surface area contributed by atoms with Crippen molar-refractivity contribution in [2.45, 2.75) is 30.8 Å². The summed E-state index contributed by atoms with van der Waals surface area (Å²) in [4.78, 5) is 8.93. The number of nitrogens with zero attached hydrogens (tertiary/aromatic N) is 3. The SMILES string of the molecule is Cc1nc2cnccc2n1Cc1ccc(S(=O)(=O)NC(Cc2ccccc2)c2ccccc2)cc1. The Morgan fingerprint density at radius 2 is 1.54 bits per heavy atom. The molecule has 2 heterocycles. The summed E-state index contributed by atoms with van der Waals surface area (Å²) in [7, 11) is -3.73. The van der Waals surface area contributed by atoms with Crippen molar-refractivity contribution >= 4 is 21.1 Å². The summed E-state index contributed by atoms with van der Waals surface area (Å²) in [5, 5.41) is 0. The monoisotopic (exact) mass is 482 g/mol. The van der Waals surface area contributed by atoms with Gasteiger partial charge in [-0.3, -0.25) is 4.98 Å². The van der Waals surface area contributed by atoms with Crippen molar-refractivity contribution in [3.8, 4) is 0 Å². The Kier molecular flexibility index (Phi) is 6.44. The minimum atomic E-state index is -3.73. The van der Waals surface area contributed by atoms with Crippen LogP contribution in [0.4, 0.5) is 0 Å². The van der Waals surface area contributed by atoms with E-state index in [1.807, 2.05) is 85.8 Å². The third kappa shape index (κ3) is 5.16. The van der Waals surface area contributed by atoms with E-state index in [1.54, 1.807) is 24.5 Å². The predicted molar refractivity (Wildman–Crippen MR) is 137 cm³/mol.